The Morgan fingerprint density at radius 2 is 1.84 bits per heavy atom. The van der Waals surface area contributed by atoms with Crippen LogP contribution in [0.15, 0.2) is 0 Å². The van der Waals surface area contributed by atoms with E-state index in [0.29, 0.717) is 17.9 Å². The van der Waals surface area contributed by atoms with Crippen molar-refractivity contribution in [2.75, 3.05) is 29.0 Å². The summed E-state index contributed by atoms with van der Waals surface area (Å²) in [5, 5.41) is 3.29. The van der Waals surface area contributed by atoms with Crippen molar-refractivity contribution in [1.29, 1.82) is 0 Å². The lowest BCUT2D eigenvalue weighted by Gasteiger charge is -2.20. The monoisotopic (exact) mass is 266 g/mol. The lowest BCUT2D eigenvalue weighted by Crippen LogP contribution is -2.26. The zero-order valence-corrected chi connectivity index (χ0v) is 12.5. The first kappa shape index (κ1) is 15.5. The van der Waals surface area contributed by atoms with Crippen LogP contribution in [0.2, 0.25) is 0 Å². The molecule has 0 saturated heterocycles. The molecule has 6 nitrogen and oxygen atoms in total. The maximum atomic E-state index is 5.75. The van der Waals surface area contributed by atoms with E-state index in [4.69, 9.17) is 5.73 Å². The maximum absolute atomic E-state index is 5.75. The minimum atomic E-state index is 0.266. The van der Waals surface area contributed by atoms with Crippen molar-refractivity contribution in [2.24, 2.45) is 0 Å². The number of unbranched alkanes of at least 4 members (excludes halogenated alkanes) is 1. The zero-order chi connectivity index (χ0) is 14.3. The first-order chi connectivity index (χ1) is 9.10. The number of aromatic nitrogens is 3. The summed E-state index contributed by atoms with van der Waals surface area (Å²) in [6.07, 6.45) is 3.48. The Balaban J connectivity index is 2.78. The van der Waals surface area contributed by atoms with Crippen LogP contribution in [-0.2, 0) is 0 Å². The van der Waals surface area contributed by atoms with Gasteiger partial charge in [-0.3, -0.25) is 0 Å². The number of nitrogens with zero attached hydrogens (tertiary/aromatic N) is 4. The molecule has 0 saturated carbocycles. The zero-order valence-electron chi connectivity index (χ0n) is 12.5. The van der Waals surface area contributed by atoms with Gasteiger partial charge in [-0.05, 0) is 27.2 Å². The molecular weight excluding hydrogens is 240 g/mol. The molecule has 1 aromatic heterocycles. The number of nitrogen functional groups attached to an aromatic ring is 1. The van der Waals surface area contributed by atoms with Gasteiger partial charge < -0.3 is 16.0 Å². The summed E-state index contributed by atoms with van der Waals surface area (Å²) in [5.74, 6) is 1.47. The highest BCUT2D eigenvalue weighted by atomic mass is 15.3. The molecule has 0 bridgehead atoms. The molecule has 3 N–H and O–H groups in total. The van der Waals surface area contributed by atoms with Gasteiger partial charge in [0.05, 0.1) is 0 Å². The molecule has 1 atom stereocenters. The lowest BCUT2D eigenvalue weighted by molar-refractivity contribution is 0.640. The predicted molar refractivity (Wildman–Crippen MR) is 80.4 cm³/mol. The molecule has 19 heavy (non-hydrogen) atoms. The van der Waals surface area contributed by atoms with Crippen LogP contribution in [0.5, 0.6) is 0 Å². The van der Waals surface area contributed by atoms with Crippen LogP contribution in [0.4, 0.5) is 17.8 Å². The molecule has 0 aliphatic heterocycles. The largest absolute Gasteiger partial charge is 0.368 e. The highest BCUT2D eigenvalue weighted by Crippen LogP contribution is 2.13. The Labute approximate surface area is 115 Å². The van der Waals surface area contributed by atoms with Gasteiger partial charge >= 0.3 is 0 Å². The SMILES string of the molecule is CCCCC(C)Nc1nc(N)nc(N(CC)CC)n1. The standard InChI is InChI=1S/C13H26N6/c1-5-8-9-10(4)15-12-16-11(14)17-13(18-12)19(6-2)7-3/h10H,5-9H2,1-4H3,(H3,14,15,16,17,18). The predicted octanol–water partition coefficient (Wildman–Crippen LogP) is 2.29. The van der Waals surface area contributed by atoms with Crippen LogP contribution in [0, 0.1) is 0 Å². The van der Waals surface area contributed by atoms with Crippen LogP contribution in [0.25, 0.3) is 0 Å². The second-order valence-electron chi connectivity index (χ2n) is 4.68. The smallest absolute Gasteiger partial charge is 0.231 e. The fraction of sp³-hybridized carbons (Fsp3) is 0.769. The highest BCUT2D eigenvalue weighted by molar-refractivity contribution is 5.42. The Morgan fingerprint density at radius 1 is 1.16 bits per heavy atom. The number of hydrogen-bond acceptors (Lipinski definition) is 6. The van der Waals surface area contributed by atoms with Gasteiger partial charge in [0.2, 0.25) is 17.8 Å². The van der Waals surface area contributed by atoms with Gasteiger partial charge in [-0.1, -0.05) is 19.8 Å². The second kappa shape index (κ2) is 7.76. The van der Waals surface area contributed by atoms with E-state index in [2.05, 4.69) is 52.9 Å². The van der Waals surface area contributed by atoms with Crippen molar-refractivity contribution in [3.05, 3.63) is 0 Å². The number of anilines is 3. The van der Waals surface area contributed by atoms with Crippen molar-refractivity contribution in [3.63, 3.8) is 0 Å². The molecular formula is C13H26N6. The van der Waals surface area contributed by atoms with Crippen molar-refractivity contribution >= 4 is 17.8 Å². The highest BCUT2D eigenvalue weighted by Gasteiger charge is 2.11. The van der Waals surface area contributed by atoms with Crippen LogP contribution in [0.3, 0.4) is 0 Å². The fourth-order valence-corrected chi connectivity index (χ4v) is 1.90. The number of nitrogens with two attached hydrogens (primary N) is 1. The first-order valence-corrected chi connectivity index (χ1v) is 7.13. The van der Waals surface area contributed by atoms with E-state index in [9.17, 15) is 0 Å². The van der Waals surface area contributed by atoms with Crippen molar-refractivity contribution < 1.29 is 0 Å². The van der Waals surface area contributed by atoms with Crippen molar-refractivity contribution in [2.45, 2.75) is 53.0 Å². The van der Waals surface area contributed by atoms with E-state index in [1.807, 2.05) is 0 Å². The summed E-state index contributed by atoms with van der Waals surface area (Å²) in [4.78, 5) is 14.8. The molecule has 0 aromatic carbocycles. The molecule has 1 rings (SSSR count). The normalized spacial score (nSPS) is 12.2. The lowest BCUT2D eigenvalue weighted by atomic mass is 10.1. The molecule has 0 amide bonds. The molecule has 0 radical (unpaired) electrons. The Bertz CT molecular complexity index is 377. The molecule has 6 heteroatoms. The van der Waals surface area contributed by atoms with E-state index in [0.717, 1.165) is 19.5 Å². The maximum Gasteiger partial charge on any atom is 0.231 e. The van der Waals surface area contributed by atoms with Crippen LogP contribution in [-0.4, -0.2) is 34.1 Å². The van der Waals surface area contributed by atoms with Crippen molar-refractivity contribution in [3.8, 4) is 0 Å². The number of hydrogen-bond donors (Lipinski definition) is 2. The topological polar surface area (TPSA) is 80.0 Å². The van der Waals surface area contributed by atoms with Gasteiger partial charge in [-0.2, -0.15) is 15.0 Å². The number of nitrogens with one attached hydrogen (secondary N) is 1. The van der Waals surface area contributed by atoms with Crippen LogP contribution in [0.1, 0.15) is 47.0 Å². The third-order valence-electron chi connectivity index (χ3n) is 3.05. The van der Waals surface area contributed by atoms with Gasteiger partial charge in [-0.15, -0.1) is 0 Å². The average Bonchev–Trinajstić information content (AvgIpc) is 2.37. The minimum absolute atomic E-state index is 0.266. The van der Waals surface area contributed by atoms with E-state index >= 15 is 0 Å². The summed E-state index contributed by atoms with van der Waals surface area (Å²) in [7, 11) is 0. The summed E-state index contributed by atoms with van der Waals surface area (Å²) in [5.41, 5.74) is 5.75. The van der Waals surface area contributed by atoms with E-state index < -0.39 is 0 Å². The van der Waals surface area contributed by atoms with Crippen LogP contribution >= 0.6 is 0 Å². The fourth-order valence-electron chi connectivity index (χ4n) is 1.90. The quantitative estimate of drug-likeness (QED) is 0.751. The summed E-state index contributed by atoms with van der Waals surface area (Å²) >= 11 is 0. The molecule has 1 heterocycles. The second-order valence-corrected chi connectivity index (χ2v) is 4.68. The average molecular weight is 266 g/mol. The molecule has 0 aliphatic rings. The Kier molecular flexibility index (Phi) is 6.32. The molecule has 0 aliphatic carbocycles. The van der Waals surface area contributed by atoms with Gasteiger partial charge in [0.25, 0.3) is 0 Å². The molecule has 0 spiro atoms. The van der Waals surface area contributed by atoms with E-state index in [1.54, 1.807) is 0 Å². The number of rotatable bonds is 8. The van der Waals surface area contributed by atoms with Gasteiger partial charge in [0.1, 0.15) is 0 Å². The molecule has 1 aromatic rings. The summed E-state index contributed by atoms with van der Waals surface area (Å²) < 4.78 is 0. The Hall–Kier alpha value is -1.59. The van der Waals surface area contributed by atoms with Crippen LogP contribution < -0.4 is 16.0 Å². The van der Waals surface area contributed by atoms with Crippen molar-refractivity contribution in [1.82, 2.24) is 15.0 Å². The minimum Gasteiger partial charge on any atom is -0.368 e. The summed E-state index contributed by atoms with van der Waals surface area (Å²) in [6.45, 7) is 10.2. The molecule has 108 valence electrons. The molecule has 1 unspecified atom stereocenters. The third-order valence-corrected chi connectivity index (χ3v) is 3.05. The third kappa shape index (κ3) is 4.89. The molecule has 0 fully saturated rings. The Morgan fingerprint density at radius 3 is 2.42 bits per heavy atom. The van der Waals surface area contributed by atoms with Gasteiger partial charge in [0, 0.05) is 19.1 Å². The first-order valence-electron chi connectivity index (χ1n) is 7.13. The summed E-state index contributed by atoms with van der Waals surface area (Å²) in [6, 6.07) is 0.339. The van der Waals surface area contributed by atoms with E-state index in [1.165, 1.54) is 12.8 Å². The van der Waals surface area contributed by atoms with E-state index in [-0.39, 0.29) is 5.95 Å². The van der Waals surface area contributed by atoms with Gasteiger partial charge in [0.15, 0.2) is 0 Å². The van der Waals surface area contributed by atoms with Gasteiger partial charge in [-0.25, -0.2) is 0 Å².